The van der Waals surface area contributed by atoms with Gasteiger partial charge in [-0.25, -0.2) is 0 Å². The van der Waals surface area contributed by atoms with Crippen molar-refractivity contribution in [3.05, 3.63) is 0 Å². The fraction of sp³-hybridized carbons (Fsp3) is 0.917. The summed E-state index contributed by atoms with van der Waals surface area (Å²) in [5, 5.41) is 12.2. The number of amides is 1. The van der Waals surface area contributed by atoms with E-state index in [-0.39, 0.29) is 11.8 Å². The zero-order valence-corrected chi connectivity index (χ0v) is 10.8. The van der Waals surface area contributed by atoms with Crippen LogP contribution >= 0.6 is 0 Å². The largest absolute Gasteiger partial charge is 0.391 e. The van der Waals surface area contributed by atoms with Crippen LogP contribution in [-0.4, -0.2) is 37.4 Å². The van der Waals surface area contributed by atoms with Crippen LogP contribution in [0.15, 0.2) is 0 Å². The van der Waals surface area contributed by atoms with Gasteiger partial charge in [0.05, 0.1) is 12.7 Å². The van der Waals surface area contributed by atoms with E-state index in [0.29, 0.717) is 25.5 Å². The second-order valence-corrected chi connectivity index (χ2v) is 4.36. The van der Waals surface area contributed by atoms with Gasteiger partial charge in [0.15, 0.2) is 0 Å². The van der Waals surface area contributed by atoms with Crippen molar-refractivity contribution in [2.24, 2.45) is 11.8 Å². The maximum absolute atomic E-state index is 11.7. The molecule has 0 bridgehead atoms. The van der Waals surface area contributed by atoms with Crippen LogP contribution in [0.1, 0.15) is 33.6 Å². The Morgan fingerprint density at radius 2 is 2.06 bits per heavy atom. The van der Waals surface area contributed by atoms with Gasteiger partial charge in [-0.2, -0.15) is 0 Å². The summed E-state index contributed by atoms with van der Waals surface area (Å²) < 4.78 is 4.80. The second kappa shape index (κ2) is 8.53. The number of carbonyl (C=O) groups is 1. The summed E-state index contributed by atoms with van der Waals surface area (Å²) in [5.74, 6) is 0.493. The number of rotatable bonds is 8. The lowest BCUT2D eigenvalue weighted by Crippen LogP contribution is -2.34. The van der Waals surface area contributed by atoms with Crippen LogP contribution in [0.4, 0.5) is 0 Å². The van der Waals surface area contributed by atoms with Gasteiger partial charge in [-0.15, -0.1) is 0 Å². The number of methoxy groups -OCH3 is 1. The highest BCUT2D eigenvalue weighted by Crippen LogP contribution is 2.14. The molecule has 4 heteroatoms. The van der Waals surface area contributed by atoms with Gasteiger partial charge in [0.2, 0.25) is 5.91 Å². The monoisotopic (exact) mass is 231 g/mol. The van der Waals surface area contributed by atoms with E-state index in [9.17, 15) is 9.90 Å². The molecule has 0 aliphatic rings. The van der Waals surface area contributed by atoms with Crippen LogP contribution in [0.3, 0.4) is 0 Å². The molecule has 0 saturated heterocycles. The molecule has 96 valence electrons. The third-order valence-corrected chi connectivity index (χ3v) is 3.05. The van der Waals surface area contributed by atoms with Gasteiger partial charge < -0.3 is 15.2 Å². The Labute approximate surface area is 98.4 Å². The molecule has 0 aliphatic carbocycles. The van der Waals surface area contributed by atoms with Crippen molar-refractivity contribution in [3.8, 4) is 0 Å². The van der Waals surface area contributed by atoms with E-state index < -0.39 is 6.10 Å². The second-order valence-electron chi connectivity index (χ2n) is 4.36. The van der Waals surface area contributed by atoms with Gasteiger partial charge in [-0.1, -0.05) is 27.2 Å². The molecule has 0 aromatic carbocycles. The molecule has 4 nitrogen and oxygen atoms in total. The average Bonchev–Trinajstić information content (AvgIpc) is 2.27. The molecule has 0 fully saturated rings. The quantitative estimate of drug-likeness (QED) is 0.659. The summed E-state index contributed by atoms with van der Waals surface area (Å²) in [6, 6.07) is 0. The van der Waals surface area contributed by atoms with Crippen molar-refractivity contribution in [1.82, 2.24) is 5.32 Å². The minimum absolute atomic E-state index is 0.0320. The van der Waals surface area contributed by atoms with E-state index >= 15 is 0 Å². The predicted octanol–water partition coefficient (Wildman–Crippen LogP) is 1.18. The van der Waals surface area contributed by atoms with Gasteiger partial charge in [0.1, 0.15) is 0 Å². The topological polar surface area (TPSA) is 58.6 Å². The summed E-state index contributed by atoms with van der Waals surface area (Å²) in [5.41, 5.74) is 0. The Hall–Kier alpha value is -0.610. The third-order valence-electron chi connectivity index (χ3n) is 3.05. The SMILES string of the molecule is CCC(C)C(C)C(=O)NCCC(O)COC. The summed E-state index contributed by atoms with van der Waals surface area (Å²) in [6.07, 6.45) is 1.04. The normalized spacial score (nSPS) is 16.6. The summed E-state index contributed by atoms with van der Waals surface area (Å²) in [4.78, 5) is 11.7. The molecule has 0 saturated carbocycles. The highest BCUT2D eigenvalue weighted by atomic mass is 16.5. The minimum Gasteiger partial charge on any atom is -0.391 e. The van der Waals surface area contributed by atoms with Crippen LogP contribution in [-0.2, 0) is 9.53 Å². The Balaban J connectivity index is 3.72. The van der Waals surface area contributed by atoms with Gasteiger partial charge in [0.25, 0.3) is 0 Å². The maximum Gasteiger partial charge on any atom is 0.223 e. The van der Waals surface area contributed by atoms with Crippen LogP contribution in [0, 0.1) is 11.8 Å². The van der Waals surface area contributed by atoms with Crippen LogP contribution < -0.4 is 5.32 Å². The maximum atomic E-state index is 11.7. The number of hydrogen-bond acceptors (Lipinski definition) is 3. The van der Waals surface area contributed by atoms with Gasteiger partial charge >= 0.3 is 0 Å². The number of carbonyl (C=O) groups excluding carboxylic acids is 1. The Morgan fingerprint density at radius 1 is 1.44 bits per heavy atom. The molecule has 0 heterocycles. The standard InChI is InChI=1S/C12H25NO3/c1-5-9(2)10(3)12(15)13-7-6-11(14)8-16-4/h9-11,14H,5-8H2,1-4H3,(H,13,15). The molecule has 16 heavy (non-hydrogen) atoms. The summed E-state index contributed by atoms with van der Waals surface area (Å²) in [7, 11) is 1.55. The number of nitrogens with one attached hydrogen (secondary N) is 1. The fourth-order valence-electron chi connectivity index (χ4n) is 1.41. The van der Waals surface area contributed by atoms with Crippen molar-refractivity contribution >= 4 is 5.91 Å². The first kappa shape index (κ1) is 15.4. The van der Waals surface area contributed by atoms with Crippen LogP contribution in [0.5, 0.6) is 0 Å². The van der Waals surface area contributed by atoms with Gasteiger partial charge in [-0.3, -0.25) is 4.79 Å². The smallest absolute Gasteiger partial charge is 0.223 e. The molecule has 1 amide bonds. The zero-order valence-electron chi connectivity index (χ0n) is 10.8. The summed E-state index contributed by atoms with van der Waals surface area (Å²) >= 11 is 0. The van der Waals surface area contributed by atoms with Crippen molar-refractivity contribution in [1.29, 1.82) is 0 Å². The van der Waals surface area contributed by atoms with Crippen molar-refractivity contribution in [2.45, 2.75) is 39.7 Å². The van der Waals surface area contributed by atoms with E-state index in [1.165, 1.54) is 0 Å². The molecular formula is C12H25NO3. The van der Waals surface area contributed by atoms with Gasteiger partial charge in [0, 0.05) is 19.6 Å². The van der Waals surface area contributed by atoms with E-state index in [4.69, 9.17) is 4.74 Å². The number of aliphatic hydroxyl groups excluding tert-OH is 1. The molecule has 0 aromatic rings. The van der Waals surface area contributed by atoms with Crippen molar-refractivity contribution in [3.63, 3.8) is 0 Å². The van der Waals surface area contributed by atoms with E-state index in [0.717, 1.165) is 6.42 Å². The third kappa shape index (κ3) is 6.08. The lowest BCUT2D eigenvalue weighted by atomic mass is 9.93. The molecule has 2 N–H and O–H groups in total. The molecule has 3 atom stereocenters. The Kier molecular flexibility index (Phi) is 8.21. The van der Waals surface area contributed by atoms with Crippen LogP contribution in [0.2, 0.25) is 0 Å². The molecule has 0 rings (SSSR count). The van der Waals surface area contributed by atoms with Gasteiger partial charge in [-0.05, 0) is 12.3 Å². The number of hydrogen-bond donors (Lipinski definition) is 2. The van der Waals surface area contributed by atoms with E-state index in [1.807, 2.05) is 6.92 Å². The van der Waals surface area contributed by atoms with E-state index in [2.05, 4.69) is 19.2 Å². The lowest BCUT2D eigenvalue weighted by molar-refractivity contribution is -0.126. The summed E-state index contributed by atoms with van der Waals surface area (Å²) in [6.45, 7) is 6.91. The molecule has 0 spiro atoms. The highest BCUT2D eigenvalue weighted by molar-refractivity contribution is 5.78. The highest BCUT2D eigenvalue weighted by Gasteiger charge is 2.18. The molecule has 3 unspecified atom stereocenters. The predicted molar refractivity (Wildman–Crippen MR) is 64.1 cm³/mol. The van der Waals surface area contributed by atoms with Crippen LogP contribution in [0.25, 0.3) is 0 Å². The van der Waals surface area contributed by atoms with E-state index in [1.54, 1.807) is 7.11 Å². The Morgan fingerprint density at radius 3 is 2.56 bits per heavy atom. The lowest BCUT2D eigenvalue weighted by Gasteiger charge is -2.18. The first-order valence-electron chi connectivity index (χ1n) is 5.97. The number of aliphatic hydroxyl groups is 1. The first-order chi connectivity index (χ1) is 7.52. The number of ether oxygens (including phenoxy) is 1. The fourth-order valence-corrected chi connectivity index (χ4v) is 1.41. The van der Waals surface area contributed by atoms with Crippen molar-refractivity contribution in [2.75, 3.05) is 20.3 Å². The molecule has 0 aromatic heterocycles. The Bertz CT molecular complexity index is 197. The molecular weight excluding hydrogens is 206 g/mol. The first-order valence-corrected chi connectivity index (χ1v) is 5.97. The molecule has 0 radical (unpaired) electrons. The van der Waals surface area contributed by atoms with Crippen molar-refractivity contribution < 1.29 is 14.6 Å². The zero-order chi connectivity index (χ0) is 12.6. The molecule has 0 aliphatic heterocycles. The minimum atomic E-state index is -0.496. The average molecular weight is 231 g/mol.